The summed E-state index contributed by atoms with van der Waals surface area (Å²) < 4.78 is 0. The number of benzene rings is 3. The van der Waals surface area contributed by atoms with Crippen LogP contribution in [0.3, 0.4) is 0 Å². The predicted molar refractivity (Wildman–Crippen MR) is 105 cm³/mol. The molecule has 1 heterocycles. The Kier molecular flexibility index (Phi) is 4.07. The highest BCUT2D eigenvalue weighted by atomic mass is 35.5. The third kappa shape index (κ3) is 3.25. The zero-order chi connectivity index (χ0) is 18.1. The summed E-state index contributed by atoms with van der Waals surface area (Å²) in [4.78, 5) is 19.1. The summed E-state index contributed by atoms with van der Waals surface area (Å²) >= 11 is 5.90. The molecule has 0 bridgehead atoms. The Morgan fingerprint density at radius 1 is 0.962 bits per heavy atom. The van der Waals surface area contributed by atoms with Crippen molar-refractivity contribution < 1.29 is 4.79 Å². The van der Waals surface area contributed by atoms with Crippen LogP contribution in [0.25, 0.3) is 22.4 Å². The first-order valence-electron chi connectivity index (χ1n) is 8.01. The molecule has 4 rings (SSSR count). The maximum atomic E-state index is 11.3. The molecule has 0 aliphatic carbocycles. The van der Waals surface area contributed by atoms with E-state index >= 15 is 0 Å². The first-order valence-corrected chi connectivity index (χ1v) is 8.39. The van der Waals surface area contributed by atoms with E-state index in [-0.39, 0.29) is 0 Å². The fourth-order valence-electron chi connectivity index (χ4n) is 2.71. The van der Waals surface area contributed by atoms with Gasteiger partial charge in [-0.15, -0.1) is 0 Å². The second-order valence-corrected chi connectivity index (χ2v) is 6.33. The molecule has 5 nitrogen and oxygen atoms in total. The molecule has 0 saturated carbocycles. The monoisotopic (exact) mass is 362 g/mol. The van der Waals surface area contributed by atoms with Crippen LogP contribution < -0.4 is 11.1 Å². The standard InChI is InChI=1S/C20H15ClN4O/c21-14-4-8-16(9-5-14)23-15-6-1-12(2-7-15)20-24-17-10-3-13(19(22)26)11-18(17)25-20/h1-11,23H,(H2,22,26)(H,24,25). The highest BCUT2D eigenvalue weighted by Gasteiger charge is 2.08. The Balaban J connectivity index is 1.59. The van der Waals surface area contributed by atoms with E-state index in [9.17, 15) is 4.79 Å². The fraction of sp³-hybridized carbons (Fsp3) is 0. The van der Waals surface area contributed by atoms with Crippen LogP contribution in [0.1, 0.15) is 10.4 Å². The van der Waals surface area contributed by atoms with E-state index in [1.807, 2.05) is 48.5 Å². The first kappa shape index (κ1) is 16.2. The molecule has 26 heavy (non-hydrogen) atoms. The summed E-state index contributed by atoms with van der Waals surface area (Å²) in [6, 6.07) is 20.6. The number of fused-ring (bicyclic) bond motifs is 1. The van der Waals surface area contributed by atoms with Gasteiger partial charge in [0.25, 0.3) is 0 Å². The molecule has 0 unspecified atom stereocenters. The highest BCUT2D eigenvalue weighted by molar-refractivity contribution is 6.30. The topological polar surface area (TPSA) is 83.8 Å². The SMILES string of the molecule is NC(=O)c1ccc2nc(-c3ccc(Nc4ccc(Cl)cc4)cc3)[nH]c2c1. The van der Waals surface area contributed by atoms with Crippen molar-refractivity contribution in [3.05, 3.63) is 77.3 Å². The average molecular weight is 363 g/mol. The van der Waals surface area contributed by atoms with Gasteiger partial charge in [-0.05, 0) is 66.7 Å². The largest absolute Gasteiger partial charge is 0.366 e. The van der Waals surface area contributed by atoms with Crippen LogP contribution in [0, 0.1) is 0 Å². The summed E-state index contributed by atoms with van der Waals surface area (Å²) in [5.41, 5.74) is 10.2. The third-order valence-corrected chi connectivity index (χ3v) is 4.31. The molecule has 4 aromatic rings. The predicted octanol–water partition coefficient (Wildman–Crippen LogP) is 4.73. The van der Waals surface area contributed by atoms with Gasteiger partial charge in [0.05, 0.1) is 11.0 Å². The molecule has 1 amide bonds. The van der Waals surface area contributed by atoms with Crippen molar-refractivity contribution in [3.63, 3.8) is 0 Å². The van der Waals surface area contributed by atoms with Crippen molar-refractivity contribution in [1.82, 2.24) is 9.97 Å². The van der Waals surface area contributed by atoms with Gasteiger partial charge in [0.1, 0.15) is 5.82 Å². The molecular weight excluding hydrogens is 348 g/mol. The number of amides is 1. The van der Waals surface area contributed by atoms with Gasteiger partial charge in [-0.25, -0.2) is 4.98 Å². The van der Waals surface area contributed by atoms with E-state index in [1.165, 1.54) is 0 Å². The lowest BCUT2D eigenvalue weighted by Crippen LogP contribution is -2.10. The Bertz CT molecular complexity index is 1090. The van der Waals surface area contributed by atoms with Gasteiger partial charge in [0.15, 0.2) is 0 Å². The van der Waals surface area contributed by atoms with Crippen LogP contribution in [0.2, 0.25) is 5.02 Å². The lowest BCUT2D eigenvalue weighted by molar-refractivity contribution is 0.100. The maximum absolute atomic E-state index is 11.3. The van der Waals surface area contributed by atoms with Crippen LogP contribution in [0.5, 0.6) is 0 Å². The van der Waals surface area contributed by atoms with Crippen LogP contribution in [-0.4, -0.2) is 15.9 Å². The number of nitrogens with two attached hydrogens (primary N) is 1. The number of nitrogens with one attached hydrogen (secondary N) is 2. The Hall–Kier alpha value is -3.31. The van der Waals surface area contributed by atoms with Crippen molar-refractivity contribution in [3.8, 4) is 11.4 Å². The average Bonchev–Trinajstić information content (AvgIpc) is 3.07. The summed E-state index contributed by atoms with van der Waals surface area (Å²) in [5, 5.41) is 4.02. The molecule has 0 aliphatic rings. The number of rotatable bonds is 4. The fourth-order valence-corrected chi connectivity index (χ4v) is 2.84. The van der Waals surface area contributed by atoms with Crippen molar-refractivity contribution in [2.45, 2.75) is 0 Å². The smallest absolute Gasteiger partial charge is 0.248 e. The Morgan fingerprint density at radius 3 is 2.27 bits per heavy atom. The number of primary amides is 1. The molecule has 0 fully saturated rings. The molecule has 0 atom stereocenters. The van der Waals surface area contributed by atoms with Gasteiger partial charge >= 0.3 is 0 Å². The number of H-pyrrole nitrogens is 1. The van der Waals surface area contributed by atoms with Gasteiger partial charge in [0.2, 0.25) is 5.91 Å². The molecule has 6 heteroatoms. The van der Waals surface area contributed by atoms with Gasteiger partial charge in [-0.3, -0.25) is 4.79 Å². The number of carbonyl (C=O) groups is 1. The number of anilines is 2. The number of hydrogen-bond donors (Lipinski definition) is 3. The minimum atomic E-state index is -0.458. The Morgan fingerprint density at radius 2 is 1.62 bits per heavy atom. The molecule has 0 radical (unpaired) electrons. The number of nitrogens with zero attached hydrogens (tertiary/aromatic N) is 1. The van der Waals surface area contributed by atoms with Crippen molar-refractivity contribution in [1.29, 1.82) is 0 Å². The summed E-state index contributed by atoms with van der Waals surface area (Å²) in [6.07, 6.45) is 0. The van der Waals surface area contributed by atoms with Crippen molar-refractivity contribution in [2.75, 3.05) is 5.32 Å². The highest BCUT2D eigenvalue weighted by Crippen LogP contribution is 2.24. The van der Waals surface area contributed by atoms with E-state index in [1.54, 1.807) is 18.2 Å². The molecule has 1 aromatic heterocycles. The zero-order valence-corrected chi connectivity index (χ0v) is 14.4. The number of carbonyl (C=O) groups excluding carboxylic acids is 1. The van der Waals surface area contributed by atoms with Crippen LogP contribution in [0.4, 0.5) is 11.4 Å². The number of imidazole rings is 1. The molecule has 128 valence electrons. The van der Waals surface area contributed by atoms with Crippen LogP contribution >= 0.6 is 11.6 Å². The number of aromatic nitrogens is 2. The lowest BCUT2D eigenvalue weighted by atomic mass is 10.2. The van der Waals surface area contributed by atoms with Gasteiger partial charge in [-0.2, -0.15) is 0 Å². The van der Waals surface area contributed by atoms with E-state index < -0.39 is 5.91 Å². The third-order valence-electron chi connectivity index (χ3n) is 4.06. The minimum absolute atomic E-state index is 0.454. The number of hydrogen-bond acceptors (Lipinski definition) is 3. The van der Waals surface area contributed by atoms with Gasteiger partial charge in [0, 0.05) is 27.5 Å². The molecule has 4 N–H and O–H groups in total. The molecule has 0 spiro atoms. The van der Waals surface area contributed by atoms with E-state index in [0.717, 1.165) is 33.8 Å². The molecule has 3 aromatic carbocycles. The molecular formula is C20H15ClN4O. The summed E-state index contributed by atoms with van der Waals surface area (Å²) in [5.74, 6) is 0.278. The van der Waals surface area contributed by atoms with Crippen molar-refractivity contribution in [2.24, 2.45) is 5.73 Å². The molecule has 0 saturated heterocycles. The first-order chi connectivity index (χ1) is 12.6. The van der Waals surface area contributed by atoms with E-state index in [4.69, 9.17) is 17.3 Å². The van der Waals surface area contributed by atoms with Crippen molar-refractivity contribution >= 4 is 39.9 Å². The van der Waals surface area contributed by atoms with Crippen LogP contribution in [0.15, 0.2) is 66.7 Å². The Labute approximate surface area is 154 Å². The van der Waals surface area contributed by atoms with E-state index in [2.05, 4.69) is 15.3 Å². The zero-order valence-electron chi connectivity index (χ0n) is 13.7. The number of halogens is 1. The quantitative estimate of drug-likeness (QED) is 0.491. The second-order valence-electron chi connectivity index (χ2n) is 5.89. The second kappa shape index (κ2) is 6.54. The van der Waals surface area contributed by atoms with E-state index in [0.29, 0.717) is 10.6 Å². The summed E-state index contributed by atoms with van der Waals surface area (Å²) in [7, 11) is 0. The number of aromatic amines is 1. The van der Waals surface area contributed by atoms with Crippen LogP contribution in [-0.2, 0) is 0 Å². The maximum Gasteiger partial charge on any atom is 0.248 e. The normalized spacial score (nSPS) is 10.8. The van der Waals surface area contributed by atoms with Gasteiger partial charge < -0.3 is 16.0 Å². The lowest BCUT2D eigenvalue weighted by Gasteiger charge is -2.07. The minimum Gasteiger partial charge on any atom is -0.366 e. The molecule has 0 aliphatic heterocycles. The van der Waals surface area contributed by atoms with Gasteiger partial charge in [-0.1, -0.05) is 11.6 Å². The summed E-state index contributed by atoms with van der Waals surface area (Å²) in [6.45, 7) is 0.